The number of benzene rings is 1. The smallest absolute Gasteiger partial charge is 0.405 e. The van der Waals surface area contributed by atoms with E-state index in [0.29, 0.717) is 11.5 Å². The van der Waals surface area contributed by atoms with Crippen LogP contribution < -0.4 is 5.32 Å². The highest BCUT2D eigenvalue weighted by Gasteiger charge is 2.38. The first-order valence-electron chi connectivity index (χ1n) is 9.48. The standard InChI is InChI=1S/C21H24N6O2/c1-12-9-13(10-14-11-22-25-17(12)14)16(21(2,3)4)18(23-20(28)29)19-26-24-15-7-5-6-8-27(15)19/h5-11,16,18,23H,1-4H3,(H,22,25)(H,28,29). The van der Waals surface area contributed by atoms with Gasteiger partial charge in [0.25, 0.3) is 0 Å². The molecule has 1 aromatic carbocycles. The zero-order chi connectivity index (χ0) is 20.8. The van der Waals surface area contributed by atoms with Crippen LogP contribution in [0.1, 0.15) is 49.7 Å². The lowest BCUT2D eigenvalue weighted by Crippen LogP contribution is -2.38. The third kappa shape index (κ3) is 3.41. The van der Waals surface area contributed by atoms with Crippen molar-refractivity contribution in [1.29, 1.82) is 0 Å². The number of hydrogen-bond donors (Lipinski definition) is 3. The minimum absolute atomic E-state index is 0.191. The molecule has 0 saturated heterocycles. The number of rotatable bonds is 4. The number of carbonyl (C=O) groups is 1. The fraction of sp³-hybridized carbons (Fsp3) is 0.333. The molecule has 8 nitrogen and oxygen atoms in total. The lowest BCUT2D eigenvalue weighted by Gasteiger charge is -2.37. The highest BCUT2D eigenvalue weighted by Crippen LogP contribution is 2.44. The largest absolute Gasteiger partial charge is 0.465 e. The third-order valence-electron chi connectivity index (χ3n) is 5.29. The number of pyridine rings is 1. The molecule has 0 fully saturated rings. The van der Waals surface area contributed by atoms with Gasteiger partial charge in [0.2, 0.25) is 0 Å². The topological polar surface area (TPSA) is 108 Å². The van der Waals surface area contributed by atoms with E-state index in [2.05, 4.69) is 58.6 Å². The molecule has 29 heavy (non-hydrogen) atoms. The Labute approximate surface area is 168 Å². The number of nitrogens with zero attached hydrogens (tertiary/aromatic N) is 4. The highest BCUT2D eigenvalue weighted by molar-refractivity contribution is 5.82. The summed E-state index contributed by atoms with van der Waals surface area (Å²) in [6.45, 7) is 8.33. The van der Waals surface area contributed by atoms with Gasteiger partial charge in [-0.25, -0.2) is 4.79 Å². The molecule has 2 atom stereocenters. The van der Waals surface area contributed by atoms with Gasteiger partial charge < -0.3 is 10.4 Å². The molecule has 1 amide bonds. The number of aromatic amines is 1. The fourth-order valence-electron chi connectivity index (χ4n) is 4.14. The van der Waals surface area contributed by atoms with E-state index in [-0.39, 0.29) is 11.3 Å². The zero-order valence-corrected chi connectivity index (χ0v) is 16.8. The van der Waals surface area contributed by atoms with Crippen LogP contribution in [0.2, 0.25) is 0 Å². The molecule has 150 valence electrons. The molecule has 4 aromatic rings. The molecular weight excluding hydrogens is 368 g/mol. The Morgan fingerprint density at radius 1 is 1.24 bits per heavy atom. The SMILES string of the molecule is Cc1cc(C(C(NC(=O)O)c2nnc3ccccn23)C(C)(C)C)cc2cn[nH]c12. The molecule has 4 rings (SSSR count). The van der Waals surface area contributed by atoms with Crippen LogP contribution in [0.15, 0.2) is 42.7 Å². The first kappa shape index (κ1) is 18.9. The van der Waals surface area contributed by atoms with Crippen molar-refractivity contribution in [1.82, 2.24) is 30.1 Å². The van der Waals surface area contributed by atoms with Crippen LogP contribution in [0.3, 0.4) is 0 Å². The molecule has 0 saturated carbocycles. The predicted octanol–water partition coefficient (Wildman–Crippen LogP) is 4.05. The molecule has 0 aliphatic carbocycles. The number of H-pyrrole nitrogens is 1. The Kier molecular flexibility index (Phi) is 4.49. The van der Waals surface area contributed by atoms with E-state index in [0.717, 1.165) is 22.0 Å². The second-order valence-corrected chi connectivity index (χ2v) is 8.43. The van der Waals surface area contributed by atoms with Gasteiger partial charge in [-0.3, -0.25) is 9.50 Å². The maximum Gasteiger partial charge on any atom is 0.405 e. The van der Waals surface area contributed by atoms with E-state index in [1.54, 1.807) is 6.20 Å². The Morgan fingerprint density at radius 2 is 2.03 bits per heavy atom. The average molecular weight is 392 g/mol. The fourth-order valence-corrected chi connectivity index (χ4v) is 4.14. The molecule has 0 bridgehead atoms. The van der Waals surface area contributed by atoms with Gasteiger partial charge in [0.05, 0.1) is 11.7 Å². The van der Waals surface area contributed by atoms with Gasteiger partial charge in [0.15, 0.2) is 11.5 Å². The maximum atomic E-state index is 11.8. The molecular formula is C21H24N6O2. The zero-order valence-electron chi connectivity index (χ0n) is 16.8. The van der Waals surface area contributed by atoms with Crippen molar-refractivity contribution < 1.29 is 9.90 Å². The Morgan fingerprint density at radius 3 is 2.76 bits per heavy atom. The summed E-state index contributed by atoms with van der Waals surface area (Å²) in [6.07, 6.45) is 2.54. The van der Waals surface area contributed by atoms with Crippen molar-refractivity contribution in [3.63, 3.8) is 0 Å². The quantitative estimate of drug-likeness (QED) is 0.485. The summed E-state index contributed by atoms with van der Waals surface area (Å²) in [5, 5.41) is 29.1. The van der Waals surface area contributed by atoms with Crippen molar-refractivity contribution >= 4 is 22.6 Å². The summed E-state index contributed by atoms with van der Waals surface area (Å²) in [5.74, 6) is 0.372. The summed E-state index contributed by atoms with van der Waals surface area (Å²) >= 11 is 0. The molecule has 0 spiro atoms. The Hall–Kier alpha value is -3.42. The molecule has 8 heteroatoms. The van der Waals surface area contributed by atoms with Crippen molar-refractivity contribution in [3.8, 4) is 0 Å². The van der Waals surface area contributed by atoms with Crippen LogP contribution in [-0.4, -0.2) is 36.0 Å². The number of amides is 1. The van der Waals surface area contributed by atoms with E-state index in [9.17, 15) is 9.90 Å². The van der Waals surface area contributed by atoms with E-state index in [1.807, 2.05) is 35.7 Å². The predicted molar refractivity (Wildman–Crippen MR) is 110 cm³/mol. The van der Waals surface area contributed by atoms with Crippen molar-refractivity contribution in [2.75, 3.05) is 0 Å². The molecule has 3 aromatic heterocycles. The van der Waals surface area contributed by atoms with Crippen LogP contribution in [0.4, 0.5) is 4.79 Å². The van der Waals surface area contributed by atoms with Gasteiger partial charge in [-0.05, 0) is 41.7 Å². The first-order valence-corrected chi connectivity index (χ1v) is 9.48. The summed E-state index contributed by atoms with van der Waals surface area (Å²) in [5.41, 5.74) is 3.48. The van der Waals surface area contributed by atoms with Gasteiger partial charge in [-0.1, -0.05) is 32.9 Å². The first-order chi connectivity index (χ1) is 13.8. The Balaban J connectivity index is 1.93. The van der Waals surface area contributed by atoms with E-state index in [1.165, 1.54) is 0 Å². The van der Waals surface area contributed by atoms with Gasteiger partial charge in [0, 0.05) is 17.5 Å². The molecule has 3 N–H and O–H groups in total. The minimum atomic E-state index is -1.10. The lowest BCUT2D eigenvalue weighted by atomic mass is 9.71. The number of hydrogen-bond acceptors (Lipinski definition) is 4. The third-order valence-corrected chi connectivity index (χ3v) is 5.29. The number of carboxylic acid groups (broad SMARTS) is 1. The van der Waals surface area contributed by atoms with Crippen LogP contribution >= 0.6 is 0 Å². The van der Waals surface area contributed by atoms with Gasteiger partial charge in [-0.2, -0.15) is 5.10 Å². The van der Waals surface area contributed by atoms with Crippen molar-refractivity contribution in [2.24, 2.45) is 5.41 Å². The summed E-state index contributed by atoms with van der Waals surface area (Å²) < 4.78 is 1.84. The second kappa shape index (κ2) is 6.88. The van der Waals surface area contributed by atoms with E-state index < -0.39 is 12.1 Å². The maximum absolute atomic E-state index is 11.8. The summed E-state index contributed by atoms with van der Waals surface area (Å²) in [4.78, 5) is 11.8. The Bertz CT molecular complexity index is 1190. The van der Waals surface area contributed by atoms with Gasteiger partial charge in [-0.15, -0.1) is 10.2 Å². The lowest BCUT2D eigenvalue weighted by molar-refractivity contribution is 0.176. The minimum Gasteiger partial charge on any atom is -0.465 e. The molecule has 3 heterocycles. The molecule has 2 unspecified atom stereocenters. The average Bonchev–Trinajstić information content (AvgIpc) is 3.26. The normalized spacial score (nSPS) is 14.2. The molecule has 0 radical (unpaired) electrons. The second-order valence-electron chi connectivity index (χ2n) is 8.43. The number of aryl methyl sites for hydroxylation is 1. The van der Waals surface area contributed by atoms with Crippen LogP contribution in [0.5, 0.6) is 0 Å². The highest BCUT2D eigenvalue weighted by atomic mass is 16.4. The van der Waals surface area contributed by atoms with Crippen molar-refractivity contribution in [3.05, 3.63) is 59.7 Å². The number of nitrogens with one attached hydrogen (secondary N) is 2. The monoisotopic (exact) mass is 392 g/mol. The number of aromatic nitrogens is 5. The summed E-state index contributed by atoms with van der Waals surface area (Å²) in [6, 6.07) is 9.18. The summed E-state index contributed by atoms with van der Waals surface area (Å²) in [7, 11) is 0. The van der Waals surface area contributed by atoms with E-state index in [4.69, 9.17) is 0 Å². The molecule has 0 aliphatic heterocycles. The molecule has 0 aliphatic rings. The van der Waals surface area contributed by atoms with Gasteiger partial charge >= 0.3 is 6.09 Å². The van der Waals surface area contributed by atoms with Crippen LogP contribution in [-0.2, 0) is 0 Å². The number of fused-ring (bicyclic) bond motifs is 2. The van der Waals surface area contributed by atoms with Crippen molar-refractivity contribution in [2.45, 2.75) is 39.7 Å². The van der Waals surface area contributed by atoms with Gasteiger partial charge in [0.1, 0.15) is 6.04 Å². The van der Waals surface area contributed by atoms with Crippen LogP contribution in [0, 0.1) is 12.3 Å². The van der Waals surface area contributed by atoms with E-state index >= 15 is 0 Å². The van der Waals surface area contributed by atoms with Crippen LogP contribution in [0.25, 0.3) is 16.6 Å².